The molecule has 4 heteroatoms. The number of rotatable bonds is 1. The van der Waals surface area contributed by atoms with Gasteiger partial charge >= 0.3 is 0 Å². The molecule has 0 saturated heterocycles. The Bertz CT molecular complexity index is 531. The molecule has 0 atom stereocenters. The van der Waals surface area contributed by atoms with Crippen LogP contribution < -0.4 is 0 Å². The Morgan fingerprint density at radius 1 is 1.25 bits per heavy atom. The zero-order chi connectivity index (χ0) is 11.1. The first-order valence-corrected chi connectivity index (χ1v) is 6.72. The van der Waals surface area contributed by atoms with E-state index in [0.717, 1.165) is 29.2 Å². The molecular weight excluding hydrogens is 335 g/mol. The van der Waals surface area contributed by atoms with Gasteiger partial charge < -0.3 is 0 Å². The number of hydrogen-bond donors (Lipinski definition) is 0. The molecule has 0 bridgehead atoms. The largest absolute Gasteiger partial charge is 0.268 e. The van der Waals surface area contributed by atoms with Crippen molar-refractivity contribution in [2.24, 2.45) is 0 Å². The van der Waals surface area contributed by atoms with Gasteiger partial charge in [0, 0.05) is 17.1 Å². The van der Waals surface area contributed by atoms with Crippen LogP contribution in [-0.4, -0.2) is 9.78 Å². The van der Waals surface area contributed by atoms with Crippen LogP contribution in [0.1, 0.15) is 12.1 Å². The molecule has 1 aliphatic rings. The average Bonchev–Trinajstić information content (AvgIpc) is 2.84. The van der Waals surface area contributed by atoms with Gasteiger partial charge in [-0.15, -0.1) is 0 Å². The number of fused-ring (bicyclic) bond motifs is 1. The first kappa shape index (κ1) is 10.6. The summed E-state index contributed by atoms with van der Waals surface area (Å²) in [5, 5.41) is 5.43. The van der Waals surface area contributed by atoms with E-state index in [0.29, 0.717) is 0 Å². The molecule has 82 valence electrons. The molecule has 0 amide bonds. The van der Waals surface area contributed by atoms with Crippen molar-refractivity contribution in [3.05, 3.63) is 38.6 Å². The number of nitrogens with zero attached hydrogens (tertiary/aromatic N) is 2. The van der Waals surface area contributed by atoms with Crippen molar-refractivity contribution in [2.45, 2.75) is 19.4 Å². The van der Waals surface area contributed by atoms with Gasteiger partial charge in [0.25, 0.3) is 0 Å². The molecule has 2 nitrogen and oxygen atoms in total. The van der Waals surface area contributed by atoms with E-state index in [1.165, 1.54) is 15.7 Å². The van der Waals surface area contributed by atoms with Crippen LogP contribution in [0.4, 0.5) is 0 Å². The van der Waals surface area contributed by atoms with Gasteiger partial charge in [-0.25, -0.2) is 0 Å². The molecule has 16 heavy (non-hydrogen) atoms. The quantitative estimate of drug-likeness (QED) is 0.720. The summed E-state index contributed by atoms with van der Waals surface area (Å²) in [6, 6.07) is 7.89. The van der Waals surface area contributed by atoms with E-state index in [9.17, 15) is 0 Å². The average molecular weight is 345 g/mol. The molecular formula is C12H10ClIN2. The van der Waals surface area contributed by atoms with E-state index in [1.807, 2.05) is 24.3 Å². The van der Waals surface area contributed by atoms with E-state index in [-0.39, 0.29) is 0 Å². The Kier molecular flexibility index (Phi) is 2.67. The highest BCUT2D eigenvalue weighted by Crippen LogP contribution is 2.31. The molecule has 1 aromatic carbocycles. The van der Waals surface area contributed by atoms with Gasteiger partial charge in [0.2, 0.25) is 0 Å². The number of aryl methyl sites for hydroxylation is 1. The van der Waals surface area contributed by atoms with E-state index < -0.39 is 0 Å². The van der Waals surface area contributed by atoms with Crippen molar-refractivity contribution in [3.8, 4) is 11.3 Å². The summed E-state index contributed by atoms with van der Waals surface area (Å²) in [4.78, 5) is 0. The minimum Gasteiger partial charge on any atom is -0.268 e. The first-order valence-electron chi connectivity index (χ1n) is 5.27. The minimum absolute atomic E-state index is 0.769. The third kappa shape index (κ3) is 1.66. The topological polar surface area (TPSA) is 17.8 Å². The summed E-state index contributed by atoms with van der Waals surface area (Å²) in [5.74, 6) is 0. The summed E-state index contributed by atoms with van der Waals surface area (Å²) in [7, 11) is 0. The molecule has 3 rings (SSSR count). The third-order valence-corrected chi connectivity index (χ3v) is 4.28. The highest BCUT2D eigenvalue weighted by molar-refractivity contribution is 14.1. The molecule has 0 fully saturated rings. The van der Waals surface area contributed by atoms with Crippen molar-refractivity contribution < 1.29 is 0 Å². The fraction of sp³-hybridized carbons (Fsp3) is 0.250. The summed E-state index contributed by atoms with van der Waals surface area (Å²) < 4.78 is 3.42. The van der Waals surface area contributed by atoms with E-state index in [1.54, 1.807) is 0 Å². The summed E-state index contributed by atoms with van der Waals surface area (Å²) in [6.07, 6.45) is 2.37. The molecule has 1 aromatic heterocycles. The number of aromatic nitrogens is 2. The fourth-order valence-corrected chi connectivity index (χ4v) is 3.18. The van der Waals surface area contributed by atoms with Crippen LogP contribution in [0.25, 0.3) is 11.3 Å². The Morgan fingerprint density at radius 2 is 2.00 bits per heavy atom. The predicted octanol–water partition coefficient (Wildman–Crippen LogP) is 3.75. The van der Waals surface area contributed by atoms with Crippen molar-refractivity contribution >= 4 is 34.2 Å². The maximum absolute atomic E-state index is 5.89. The van der Waals surface area contributed by atoms with E-state index in [4.69, 9.17) is 11.6 Å². The van der Waals surface area contributed by atoms with E-state index in [2.05, 4.69) is 32.4 Å². The van der Waals surface area contributed by atoms with Gasteiger partial charge in [0.1, 0.15) is 5.69 Å². The minimum atomic E-state index is 0.769. The molecule has 1 aliphatic heterocycles. The molecule has 0 N–H and O–H groups in total. The molecule has 0 aliphatic carbocycles. The summed E-state index contributed by atoms with van der Waals surface area (Å²) in [6.45, 7) is 1.05. The first-order chi connectivity index (χ1) is 7.75. The van der Waals surface area contributed by atoms with Crippen molar-refractivity contribution in [2.75, 3.05) is 0 Å². The van der Waals surface area contributed by atoms with Gasteiger partial charge in [-0.2, -0.15) is 5.10 Å². The Labute approximate surface area is 113 Å². The molecule has 0 unspecified atom stereocenters. The highest BCUT2D eigenvalue weighted by Gasteiger charge is 2.20. The van der Waals surface area contributed by atoms with Gasteiger partial charge in [-0.05, 0) is 47.6 Å². The highest BCUT2D eigenvalue weighted by atomic mass is 127. The maximum atomic E-state index is 5.89. The maximum Gasteiger partial charge on any atom is 0.106 e. The zero-order valence-corrected chi connectivity index (χ0v) is 11.5. The van der Waals surface area contributed by atoms with Crippen molar-refractivity contribution in [3.63, 3.8) is 0 Å². The standard InChI is InChI=1S/C12H10ClIN2/c13-9-5-3-8(4-6-9)12-11(14)10-2-1-7-16(10)15-12/h3-6H,1-2,7H2. The Balaban J connectivity index is 2.10. The Morgan fingerprint density at radius 3 is 2.69 bits per heavy atom. The van der Waals surface area contributed by atoms with Gasteiger partial charge in [0.15, 0.2) is 0 Å². The van der Waals surface area contributed by atoms with Crippen LogP contribution in [-0.2, 0) is 13.0 Å². The second-order valence-electron chi connectivity index (χ2n) is 3.94. The van der Waals surface area contributed by atoms with Gasteiger partial charge in [0.05, 0.1) is 9.26 Å². The monoisotopic (exact) mass is 344 g/mol. The number of benzene rings is 1. The predicted molar refractivity (Wildman–Crippen MR) is 73.7 cm³/mol. The van der Waals surface area contributed by atoms with Crippen LogP contribution in [0.3, 0.4) is 0 Å². The summed E-state index contributed by atoms with van der Waals surface area (Å²) in [5.41, 5.74) is 3.62. The van der Waals surface area contributed by atoms with Crippen LogP contribution in [0, 0.1) is 3.57 Å². The molecule has 0 saturated carbocycles. The van der Waals surface area contributed by atoms with Gasteiger partial charge in [-0.3, -0.25) is 4.68 Å². The summed E-state index contributed by atoms with van der Waals surface area (Å²) >= 11 is 8.28. The smallest absolute Gasteiger partial charge is 0.106 e. The lowest BCUT2D eigenvalue weighted by Crippen LogP contribution is -1.94. The van der Waals surface area contributed by atoms with E-state index >= 15 is 0 Å². The zero-order valence-electron chi connectivity index (χ0n) is 8.58. The van der Waals surface area contributed by atoms with Crippen LogP contribution in [0.15, 0.2) is 24.3 Å². The third-order valence-electron chi connectivity index (χ3n) is 2.89. The lowest BCUT2D eigenvalue weighted by atomic mass is 10.1. The lowest BCUT2D eigenvalue weighted by molar-refractivity contribution is 0.659. The molecule has 0 spiro atoms. The number of hydrogen-bond acceptors (Lipinski definition) is 1. The fourth-order valence-electron chi connectivity index (χ4n) is 2.09. The van der Waals surface area contributed by atoms with Crippen LogP contribution in [0.5, 0.6) is 0 Å². The van der Waals surface area contributed by atoms with Crippen LogP contribution >= 0.6 is 34.2 Å². The molecule has 2 aromatic rings. The molecule has 2 heterocycles. The van der Waals surface area contributed by atoms with Crippen LogP contribution in [0.2, 0.25) is 5.02 Å². The second kappa shape index (κ2) is 4.04. The SMILES string of the molecule is Clc1ccc(-c2nn3c(c2I)CCC3)cc1. The Hall–Kier alpha value is -0.550. The lowest BCUT2D eigenvalue weighted by Gasteiger charge is -1.98. The van der Waals surface area contributed by atoms with Crippen molar-refractivity contribution in [1.82, 2.24) is 9.78 Å². The van der Waals surface area contributed by atoms with Crippen molar-refractivity contribution in [1.29, 1.82) is 0 Å². The number of halogens is 2. The second-order valence-corrected chi connectivity index (χ2v) is 5.46. The normalized spacial score (nSPS) is 14.1. The molecule has 0 radical (unpaired) electrons. The van der Waals surface area contributed by atoms with Gasteiger partial charge in [-0.1, -0.05) is 23.7 Å².